The van der Waals surface area contributed by atoms with Gasteiger partial charge in [-0.1, -0.05) is 84.9 Å². The van der Waals surface area contributed by atoms with Crippen LogP contribution in [-0.2, 0) is 10.3 Å². The Hall–Kier alpha value is -3.21. The molecule has 0 aromatic heterocycles. The smallest absolute Gasteiger partial charge is 0.321 e. The maximum absolute atomic E-state index is 12.8. The number of hydrogen-bond donors (Lipinski definition) is 2. The first-order chi connectivity index (χ1) is 15.5. The van der Waals surface area contributed by atoms with Crippen LogP contribution in [0.15, 0.2) is 91.5 Å². The molecule has 0 amide bonds. The highest BCUT2D eigenvalue weighted by atomic mass is 16.4. The lowest BCUT2D eigenvalue weighted by molar-refractivity contribution is -0.194. The summed E-state index contributed by atoms with van der Waals surface area (Å²) in [6, 6.07) is 25.8. The molecule has 0 spiro atoms. The largest absolute Gasteiger partial charge is 0.480 e. The first-order valence-corrected chi connectivity index (χ1v) is 11.0. The molecule has 3 aromatic carbocycles. The van der Waals surface area contributed by atoms with Gasteiger partial charge in [0, 0.05) is 12.0 Å². The van der Waals surface area contributed by atoms with Crippen LogP contribution in [0, 0.1) is 5.41 Å². The van der Waals surface area contributed by atoms with E-state index in [1.54, 1.807) is 13.0 Å². The van der Waals surface area contributed by atoms with E-state index in [4.69, 9.17) is 0 Å². The Morgan fingerprint density at radius 3 is 2.06 bits per heavy atom. The zero-order chi connectivity index (χ0) is 22.5. The molecular formula is C28H27NO3. The average molecular weight is 426 g/mol. The van der Waals surface area contributed by atoms with E-state index < -0.39 is 29.1 Å². The number of nitrogens with zero attached hydrogens (tertiary/aromatic N) is 1. The van der Waals surface area contributed by atoms with Crippen LogP contribution < -0.4 is 0 Å². The summed E-state index contributed by atoms with van der Waals surface area (Å²) in [4.78, 5) is 14.8. The lowest BCUT2D eigenvalue weighted by atomic mass is 9.61. The van der Waals surface area contributed by atoms with Crippen molar-refractivity contribution in [3.05, 3.63) is 108 Å². The Bertz CT molecular complexity index is 1140. The number of aliphatic carboxylic acids is 1. The van der Waals surface area contributed by atoms with Crippen molar-refractivity contribution >= 4 is 5.97 Å². The highest BCUT2D eigenvalue weighted by Crippen LogP contribution is 2.60. The number of carboxylic acids is 1. The van der Waals surface area contributed by atoms with Gasteiger partial charge in [0.25, 0.3) is 0 Å². The van der Waals surface area contributed by atoms with Gasteiger partial charge < -0.3 is 10.2 Å². The van der Waals surface area contributed by atoms with E-state index in [0.29, 0.717) is 13.0 Å². The second-order valence-electron chi connectivity index (χ2n) is 8.94. The SMILES string of the molecule is C=CC[C@]1(C(C)O)CN(C2(c3ccccc3)c3ccccc3-c3ccccc32)[C@@H]1C(=O)O. The molecule has 5 rings (SSSR count). The first kappa shape index (κ1) is 20.7. The van der Waals surface area contributed by atoms with Gasteiger partial charge in [-0.15, -0.1) is 6.58 Å². The van der Waals surface area contributed by atoms with Crippen LogP contribution in [-0.4, -0.2) is 39.8 Å². The minimum absolute atomic E-state index is 0.437. The van der Waals surface area contributed by atoms with E-state index in [1.807, 2.05) is 42.5 Å². The van der Waals surface area contributed by atoms with Gasteiger partial charge in [-0.2, -0.15) is 0 Å². The molecule has 3 atom stereocenters. The molecule has 1 saturated heterocycles. The van der Waals surface area contributed by atoms with Gasteiger partial charge in [-0.25, -0.2) is 0 Å². The number of carbonyl (C=O) groups is 1. The molecule has 2 N–H and O–H groups in total. The fourth-order valence-corrected chi connectivity index (χ4v) is 6.04. The number of fused-ring (bicyclic) bond motifs is 3. The Kier molecular flexibility index (Phi) is 4.81. The van der Waals surface area contributed by atoms with Crippen LogP contribution in [0.5, 0.6) is 0 Å². The number of hydrogen-bond acceptors (Lipinski definition) is 3. The Morgan fingerprint density at radius 2 is 1.56 bits per heavy atom. The number of likely N-dealkylation sites (tertiary alicyclic amines) is 1. The average Bonchev–Trinajstić information content (AvgIpc) is 3.07. The molecule has 1 aliphatic heterocycles. The second-order valence-corrected chi connectivity index (χ2v) is 8.94. The highest BCUT2D eigenvalue weighted by molar-refractivity contribution is 5.85. The molecule has 2 aliphatic rings. The number of benzene rings is 3. The molecule has 1 aliphatic carbocycles. The van der Waals surface area contributed by atoms with E-state index >= 15 is 0 Å². The molecule has 32 heavy (non-hydrogen) atoms. The van der Waals surface area contributed by atoms with Gasteiger partial charge >= 0.3 is 5.97 Å². The quantitative estimate of drug-likeness (QED) is 0.564. The second kappa shape index (κ2) is 7.44. The van der Waals surface area contributed by atoms with Crippen LogP contribution in [0.1, 0.15) is 30.0 Å². The van der Waals surface area contributed by atoms with Crippen molar-refractivity contribution in [1.82, 2.24) is 4.90 Å². The van der Waals surface area contributed by atoms with Crippen LogP contribution in [0.2, 0.25) is 0 Å². The van der Waals surface area contributed by atoms with E-state index in [0.717, 1.165) is 27.8 Å². The zero-order valence-electron chi connectivity index (χ0n) is 18.1. The van der Waals surface area contributed by atoms with Gasteiger partial charge in [0.05, 0.1) is 11.6 Å². The predicted octanol–water partition coefficient (Wildman–Crippen LogP) is 4.67. The number of aliphatic hydroxyl groups excluding tert-OH is 1. The topological polar surface area (TPSA) is 60.8 Å². The molecule has 0 bridgehead atoms. The fraction of sp³-hybridized carbons (Fsp3) is 0.250. The van der Waals surface area contributed by atoms with Crippen molar-refractivity contribution < 1.29 is 15.0 Å². The van der Waals surface area contributed by atoms with Crippen molar-refractivity contribution in [2.75, 3.05) is 6.54 Å². The summed E-state index contributed by atoms with van der Waals surface area (Å²) in [5.74, 6) is -0.920. The van der Waals surface area contributed by atoms with Crippen LogP contribution in [0.3, 0.4) is 0 Å². The molecule has 162 valence electrons. The standard InChI is InChI=1S/C28H27NO3/c1-3-17-27(19(2)30)18-29(25(27)26(31)32)28(20-11-5-4-6-12-20)23-15-9-7-13-21(23)22-14-8-10-16-24(22)28/h3-16,19,25,30H,1,17-18H2,2H3,(H,31,32)/t19?,25-,27-/m1/s1. The number of carboxylic acid groups (broad SMARTS) is 1. The first-order valence-electron chi connectivity index (χ1n) is 11.0. The summed E-state index contributed by atoms with van der Waals surface area (Å²) >= 11 is 0. The van der Waals surface area contributed by atoms with Crippen molar-refractivity contribution in [3.63, 3.8) is 0 Å². The van der Waals surface area contributed by atoms with Crippen LogP contribution >= 0.6 is 0 Å². The molecule has 3 aromatic rings. The lowest BCUT2D eigenvalue weighted by Gasteiger charge is -2.63. The van der Waals surface area contributed by atoms with Gasteiger partial charge in [-0.3, -0.25) is 9.69 Å². The lowest BCUT2D eigenvalue weighted by Crippen LogP contribution is -2.76. The normalized spacial score (nSPS) is 24.1. The summed E-state index contributed by atoms with van der Waals surface area (Å²) in [5.41, 5.74) is 3.89. The van der Waals surface area contributed by atoms with Gasteiger partial charge in [-0.05, 0) is 41.2 Å². The summed E-state index contributed by atoms with van der Waals surface area (Å²) in [7, 11) is 0. The predicted molar refractivity (Wildman–Crippen MR) is 125 cm³/mol. The van der Waals surface area contributed by atoms with E-state index in [-0.39, 0.29) is 0 Å². The maximum Gasteiger partial charge on any atom is 0.321 e. The maximum atomic E-state index is 12.8. The third kappa shape index (κ3) is 2.54. The summed E-state index contributed by atoms with van der Waals surface area (Å²) in [6.07, 6.45) is 1.38. The molecule has 1 unspecified atom stereocenters. The van der Waals surface area contributed by atoms with Crippen LogP contribution in [0.25, 0.3) is 11.1 Å². The summed E-state index contributed by atoms with van der Waals surface area (Å²) in [6.45, 7) is 6.00. The molecule has 4 nitrogen and oxygen atoms in total. The van der Waals surface area contributed by atoms with E-state index in [2.05, 4.69) is 47.9 Å². The third-order valence-corrected chi connectivity index (χ3v) is 7.46. The molecule has 0 saturated carbocycles. The fourth-order valence-electron chi connectivity index (χ4n) is 6.04. The minimum atomic E-state index is -0.920. The highest BCUT2D eigenvalue weighted by Gasteiger charge is 2.66. The third-order valence-electron chi connectivity index (χ3n) is 7.46. The Labute approximate surface area is 188 Å². The monoisotopic (exact) mass is 425 g/mol. The van der Waals surface area contributed by atoms with Crippen molar-refractivity contribution in [2.24, 2.45) is 5.41 Å². The number of rotatable bonds is 6. The Morgan fingerprint density at radius 1 is 1.03 bits per heavy atom. The summed E-state index contributed by atoms with van der Waals surface area (Å²) < 4.78 is 0. The number of allylic oxidation sites excluding steroid dienone is 1. The number of aliphatic hydroxyl groups is 1. The Balaban J connectivity index is 1.82. The van der Waals surface area contributed by atoms with Crippen molar-refractivity contribution in [2.45, 2.75) is 31.0 Å². The van der Waals surface area contributed by atoms with E-state index in [1.165, 1.54) is 0 Å². The molecule has 0 radical (unpaired) electrons. The summed E-state index contributed by atoms with van der Waals surface area (Å²) in [5, 5.41) is 21.2. The van der Waals surface area contributed by atoms with Gasteiger partial charge in [0.15, 0.2) is 0 Å². The minimum Gasteiger partial charge on any atom is -0.480 e. The van der Waals surface area contributed by atoms with Gasteiger partial charge in [0.1, 0.15) is 6.04 Å². The van der Waals surface area contributed by atoms with E-state index in [9.17, 15) is 15.0 Å². The molecule has 1 heterocycles. The zero-order valence-corrected chi connectivity index (χ0v) is 18.1. The van der Waals surface area contributed by atoms with Gasteiger partial charge in [0.2, 0.25) is 0 Å². The van der Waals surface area contributed by atoms with Crippen molar-refractivity contribution in [1.29, 1.82) is 0 Å². The molecule has 1 fully saturated rings. The van der Waals surface area contributed by atoms with Crippen LogP contribution in [0.4, 0.5) is 0 Å². The molecular weight excluding hydrogens is 398 g/mol. The van der Waals surface area contributed by atoms with Crippen molar-refractivity contribution in [3.8, 4) is 11.1 Å². The molecule has 4 heteroatoms.